The Hall–Kier alpha value is -2.23. The summed E-state index contributed by atoms with van der Waals surface area (Å²) >= 11 is 1.27. The standard InChI is InChI=1S/C20H24N4OS/c1-20(2,3)24-12-8-11-15(24)18(25)23(4)19-22-17(16(13-21)26-19)14-9-6-5-7-10-14/h5-7,9-10,15H,8,11-12H2,1-4H3/t15-/m0/s1. The Morgan fingerprint density at radius 1 is 1.35 bits per heavy atom. The van der Waals surface area contributed by atoms with Crippen LogP contribution in [0.4, 0.5) is 5.13 Å². The molecule has 1 aliphatic heterocycles. The van der Waals surface area contributed by atoms with Crippen LogP contribution in [0.25, 0.3) is 11.3 Å². The number of nitriles is 1. The number of rotatable bonds is 3. The lowest BCUT2D eigenvalue weighted by Crippen LogP contribution is -2.51. The Kier molecular flexibility index (Phi) is 5.12. The number of likely N-dealkylation sites (N-methyl/N-ethyl adjacent to an activating group) is 1. The molecule has 3 rings (SSSR count). The fraction of sp³-hybridized carbons (Fsp3) is 0.450. The van der Waals surface area contributed by atoms with Gasteiger partial charge in [0.2, 0.25) is 5.91 Å². The summed E-state index contributed by atoms with van der Waals surface area (Å²) in [6.45, 7) is 7.36. The Morgan fingerprint density at radius 3 is 2.65 bits per heavy atom. The first-order valence-electron chi connectivity index (χ1n) is 8.83. The van der Waals surface area contributed by atoms with Gasteiger partial charge in [0.1, 0.15) is 16.6 Å². The minimum atomic E-state index is -0.130. The molecule has 0 bridgehead atoms. The largest absolute Gasteiger partial charge is 0.290 e. The van der Waals surface area contributed by atoms with E-state index < -0.39 is 0 Å². The van der Waals surface area contributed by atoms with Crippen molar-refractivity contribution < 1.29 is 4.79 Å². The van der Waals surface area contributed by atoms with E-state index in [9.17, 15) is 10.1 Å². The highest BCUT2D eigenvalue weighted by Crippen LogP contribution is 2.34. The van der Waals surface area contributed by atoms with Gasteiger partial charge in [0, 0.05) is 18.2 Å². The molecular weight excluding hydrogens is 344 g/mol. The number of amides is 1. The van der Waals surface area contributed by atoms with Crippen LogP contribution in [0.1, 0.15) is 38.5 Å². The smallest absolute Gasteiger partial charge is 0.245 e. The van der Waals surface area contributed by atoms with Crippen LogP contribution < -0.4 is 4.90 Å². The highest BCUT2D eigenvalue weighted by molar-refractivity contribution is 7.16. The van der Waals surface area contributed by atoms with E-state index in [0.29, 0.717) is 15.7 Å². The van der Waals surface area contributed by atoms with Crippen molar-refractivity contribution in [2.75, 3.05) is 18.5 Å². The van der Waals surface area contributed by atoms with Gasteiger partial charge in [-0.2, -0.15) is 5.26 Å². The van der Waals surface area contributed by atoms with Gasteiger partial charge in [0.25, 0.3) is 0 Å². The number of carbonyl (C=O) groups is 1. The molecular formula is C20H24N4OS. The first-order valence-corrected chi connectivity index (χ1v) is 9.65. The number of hydrogen-bond acceptors (Lipinski definition) is 5. The Bertz CT molecular complexity index is 832. The predicted octanol–water partition coefficient (Wildman–Crippen LogP) is 3.91. The molecule has 26 heavy (non-hydrogen) atoms. The zero-order valence-corrected chi connectivity index (χ0v) is 16.5. The first kappa shape index (κ1) is 18.6. The molecule has 0 spiro atoms. The zero-order chi connectivity index (χ0) is 18.9. The second kappa shape index (κ2) is 7.18. The highest BCUT2D eigenvalue weighted by Gasteiger charge is 2.39. The van der Waals surface area contributed by atoms with Gasteiger partial charge in [0.05, 0.1) is 6.04 Å². The fourth-order valence-corrected chi connectivity index (χ4v) is 4.32. The average molecular weight is 369 g/mol. The average Bonchev–Trinajstić information content (AvgIpc) is 3.27. The topological polar surface area (TPSA) is 60.2 Å². The summed E-state index contributed by atoms with van der Waals surface area (Å²) in [6, 6.07) is 11.7. The number of aromatic nitrogens is 1. The molecule has 0 radical (unpaired) electrons. The van der Waals surface area contributed by atoms with Crippen LogP contribution in [0.15, 0.2) is 30.3 Å². The molecule has 2 aromatic rings. The molecule has 136 valence electrons. The zero-order valence-electron chi connectivity index (χ0n) is 15.7. The van der Waals surface area contributed by atoms with E-state index in [4.69, 9.17) is 0 Å². The van der Waals surface area contributed by atoms with Crippen LogP contribution in [0.3, 0.4) is 0 Å². The minimum Gasteiger partial charge on any atom is -0.290 e. The Balaban J connectivity index is 1.89. The predicted molar refractivity (Wildman–Crippen MR) is 105 cm³/mol. The number of anilines is 1. The lowest BCUT2D eigenvalue weighted by molar-refractivity contribution is -0.124. The number of hydrogen-bond donors (Lipinski definition) is 0. The molecule has 6 heteroatoms. The van der Waals surface area contributed by atoms with Crippen molar-refractivity contribution in [1.29, 1.82) is 5.26 Å². The van der Waals surface area contributed by atoms with Crippen LogP contribution in [0, 0.1) is 11.3 Å². The molecule has 2 heterocycles. The maximum atomic E-state index is 13.1. The number of carbonyl (C=O) groups excluding carboxylic acids is 1. The third-order valence-electron chi connectivity index (χ3n) is 4.78. The molecule has 1 atom stereocenters. The quantitative estimate of drug-likeness (QED) is 0.824. The third kappa shape index (κ3) is 3.50. The molecule has 0 N–H and O–H groups in total. The van der Waals surface area contributed by atoms with Crippen LogP contribution >= 0.6 is 11.3 Å². The molecule has 1 aromatic carbocycles. The van der Waals surface area contributed by atoms with Crippen molar-refractivity contribution in [3.63, 3.8) is 0 Å². The second-order valence-electron chi connectivity index (χ2n) is 7.57. The molecule has 0 saturated carbocycles. The monoisotopic (exact) mass is 368 g/mol. The Labute approximate surface area is 158 Å². The van der Waals surface area contributed by atoms with E-state index in [-0.39, 0.29) is 17.5 Å². The lowest BCUT2D eigenvalue weighted by Gasteiger charge is -2.37. The van der Waals surface area contributed by atoms with E-state index in [2.05, 4.69) is 36.7 Å². The van der Waals surface area contributed by atoms with Gasteiger partial charge in [-0.05, 0) is 40.2 Å². The van der Waals surface area contributed by atoms with Gasteiger partial charge < -0.3 is 0 Å². The van der Waals surface area contributed by atoms with Crippen molar-refractivity contribution >= 4 is 22.4 Å². The summed E-state index contributed by atoms with van der Waals surface area (Å²) in [5, 5.41) is 10.1. The minimum absolute atomic E-state index is 0.0481. The van der Waals surface area contributed by atoms with Gasteiger partial charge in [-0.25, -0.2) is 4.98 Å². The van der Waals surface area contributed by atoms with Gasteiger partial charge >= 0.3 is 0 Å². The number of likely N-dealkylation sites (tertiary alicyclic amines) is 1. The van der Waals surface area contributed by atoms with E-state index in [1.54, 1.807) is 11.9 Å². The van der Waals surface area contributed by atoms with Gasteiger partial charge in [-0.15, -0.1) is 0 Å². The highest BCUT2D eigenvalue weighted by atomic mass is 32.1. The van der Waals surface area contributed by atoms with Crippen LogP contribution in [0.5, 0.6) is 0 Å². The maximum absolute atomic E-state index is 13.1. The van der Waals surface area contributed by atoms with Gasteiger partial charge in [-0.3, -0.25) is 14.6 Å². The van der Waals surface area contributed by atoms with Crippen molar-refractivity contribution in [2.24, 2.45) is 0 Å². The van der Waals surface area contributed by atoms with Crippen LogP contribution in [-0.2, 0) is 4.79 Å². The number of benzene rings is 1. The van der Waals surface area contributed by atoms with Crippen LogP contribution in [-0.4, -0.2) is 41.0 Å². The Morgan fingerprint density at radius 2 is 2.04 bits per heavy atom. The molecule has 5 nitrogen and oxygen atoms in total. The number of thiazole rings is 1. The summed E-state index contributed by atoms with van der Waals surface area (Å²) in [4.78, 5) is 22.1. The molecule has 1 amide bonds. The molecule has 0 aliphatic carbocycles. The number of nitrogens with zero attached hydrogens (tertiary/aromatic N) is 4. The van der Waals surface area contributed by atoms with E-state index in [1.165, 1.54) is 11.3 Å². The summed E-state index contributed by atoms with van der Waals surface area (Å²) in [5.74, 6) is 0.0512. The van der Waals surface area contributed by atoms with E-state index >= 15 is 0 Å². The summed E-state index contributed by atoms with van der Waals surface area (Å²) < 4.78 is 0. The molecule has 1 aromatic heterocycles. The molecule has 1 fully saturated rings. The SMILES string of the molecule is CN(C(=O)[C@@H]1CCCN1C(C)(C)C)c1nc(-c2ccccc2)c(C#N)s1. The summed E-state index contributed by atoms with van der Waals surface area (Å²) in [5.41, 5.74) is 1.49. The third-order valence-corrected chi connectivity index (χ3v) is 5.82. The molecule has 1 saturated heterocycles. The fourth-order valence-electron chi connectivity index (χ4n) is 3.46. The second-order valence-corrected chi connectivity index (χ2v) is 8.55. The van der Waals surface area contributed by atoms with Crippen molar-refractivity contribution in [3.05, 3.63) is 35.2 Å². The maximum Gasteiger partial charge on any atom is 0.245 e. The van der Waals surface area contributed by atoms with E-state index in [1.807, 2.05) is 30.3 Å². The first-order chi connectivity index (χ1) is 12.3. The lowest BCUT2D eigenvalue weighted by atomic mass is 10.0. The molecule has 1 aliphatic rings. The van der Waals surface area contributed by atoms with Crippen LogP contribution in [0.2, 0.25) is 0 Å². The van der Waals surface area contributed by atoms with Crippen molar-refractivity contribution in [2.45, 2.75) is 45.2 Å². The normalized spacial score (nSPS) is 17.9. The van der Waals surface area contributed by atoms with Gasteiger partial charge in [-0.1, -0.05) is 41.7 Å². The summed E-state index contributed by atoms with van der Waals surface area (Å²) in [6.07, 6.45) is 1.89. The van der Waals surface area contributed by atoms with Crippen molar-refractivity contribution in [1.82, 2.24) is 9.88 Å². The van der Waals surface area contributed by atoms with Gasteiger partial charge in [0.15, 0.2) is 5.13 Å². The summed E-state index contributed by atoms with van der Waals surface area (Å²) in [7, 11) is 1.76. The van der Waals surface area contributed by atoms with E-state index in [0.717, 1.165) is 24.9 Å². The van der Waals surface area contributed by atoms with Crippen molar-refractivity contribution in [3.8, 4) is 17.3 Å². The molecule has 0 unspecified atom stereocenters.